The van der Waals surface area contributed by atoms with Gasteiger partial charge in [-0.15, -0.1) is 0 Å². The maximum absolute atomic E-state index is 10.6. The third-order valence-corrected chi connectivity index (χ3v) is 1.35. The molecule has 0 bridgehead atoms. The number of nitrogens with one attached hydrogen (secondary N) is 1. The highest BCUT2D eigenvalue weighted by Crippen LogP contribution is 2.00. The van der Waals surface area contributed by atoms with Gasteiger partial charge in [0.25, 0.3) is 5.56 Å². The molecule has 0 saturated carbocycles. The molecule has 0 aliphatic rings. The Bertz CT molecular complexity index is 257. The van der Waals surface area contributed by atoms with E-state index in [1.54, 1.807) is 6.20 Å². The van der Waals surface area contributed by atoms with Crippen LogP contribution in [0, 0.1) is 5.92 Å². The summed E-state index contributed by atoms with van der Waals surface area (Å²) in [5.41, 5.74) is 0.803. The molecule has 0 atom stereocenters. The van der Waals surface area contributed by atoms with Gasteiger partial charge in [0.2, 0.25) is 0 Å². The summed E-state index contributed by atoms with van der Waals surface area (Å²) in [4.78, 5) is 17.2. The predicted octanol–water partition coefficient (Wildman–Crippen LogP) is 0.968. The number of hydrogen-bond acceptors (Lipinski definition) is 2. The molecule has 0 radical (unpaired) electrons. The highest BCUT2D eigenvalue weighted by molar-refractivity contribution is 4.95. The van der Waals surface area contributed by atoms with Crippen LogP contribution in [0.1, 0.15) is 19.5 Å². The minimum atomic E-state index is -0.141. The van der Waals surface area contributed by atoms with Crippen molar-refractivity contribution in [1.82, 2.24) is 9.97 Å². The molecule has 0 fully saturated rings. The van der Waals surface area contributed by atoms with E-state index in [4.69, 9.17) is 0 Å². The second-order valence-electron chi connectivity index (χ2n) is 3.00. The van der Waals surface area contributed by atoms with Crippen molar-refractivity contribution in [2.24, 2.45) is 5.92 Å². The van der Waals surface area contributed by atoms with Crippen molar-refractivity contribution >= 4 is 0 Å². The minimum absolute atomic E-state index is 0.141. The average molecular weight is 152 g/mol. The minimum Gasteiger partial charge on any atom is -0.326 e. The molecule has 11 heavy (non-hydrogen) atoms. The van der Waals surface area contributed by atoms with Crippen molar-refractivity contribution < 1.29 is 0 Å². The van der Waals surface area contributed by atoms with E-state index in [9.17, 15) is 4.79 Å². The molecule has 1 heterocycles. The van der Waals surface area contributed by atoms with Gasteiger partial charge in [-0.2, -0.15) is 0 Å². The van der Waals surface area contributed by atoms with E-state index in [0.717, 1.165) is 12.1 Å². The van der Waals surface area contributed by atoms with E-state index in [0.29, 0.717) is 5.92 Å². The van der Waals surface area contributed by atoms with Crippen molar-refractivity contribution in [3.63, 3.8) is 0 Å². The zero-order chi connectivity index (χ0) is 8.27. The molecule has 1 rings (SSSR count). The number of nitrogens with zero attached hydrogens (tertiary/aromatic N) is 1. The Morgan fingerprint density at radius 2 is 2.36 bits per heavy atom. The smallest absolute Gasteiger partial charge is 0.266 e. The number of rotatable bonds is 2. The first kappa shape index (κ1) is 7.98. The summed E-state index contributed by atoms with van der Waals surface area (Å²) in [7, 11) is 0. The molecule has 0 saturated heterocycles. The Morgan fingerprint density at radius 1 is 1.64 bits per heavy atom. The monoisotopic (exact) mass is 152 g/mol. The Labute approximate surface area is 65.5 Å². The second-order valence-corrected chi connectivity index (χ2v) is 3.00. The molecule has 0 aliphatic carbocycles. The van der Waals surface area contributed by atoms with Crippen LogP contribution in [0.2, 0.25) is 0 Å². The van der Waals surface area contributed by atoms with E-state index < -0.39 is 0 Å². The van der Waals surface area contributed by atoms with E-state index >= 15 is 0 Å². The van der Waals surface area contributed by atoms with Crippen molar-refractivity contribution in [2.45, 2.75) is 20.3 Å². The van der Waals surface area contributed by atoms with E-state index in [1.165, 1.54) is 6.20 Å². The standard InChI is InChI=1S/C8H12N2O/c1-6(2)3-7-4-10-8(11)5-9-7/h4-6H,3H2,1-2H3,(H,10,11). The van der Waals surface area contributed by atoms with Gasteiger partial charge in [0, 0.05) is 6.20 Å². The molecule has 3 nitrogen and oxygen atoms in total. The molecule has 0 unspecified atom stereocenters. The molecular formula is C8H12N2O. The van der Waals surface area contributed by atoms with Gasteiger partial charge in [0.15, 0.2) is 0 Å². The summed E-state index contributed by atoms with van der Waals surface area (Å²) in [6.45, 7) is 4.24. The van der Waals surface area contributed by atoms with E-state index in [-0.39, 0.29) is 5.56 Å². The summed E-state index contributed by atoms with van der Waals surface area (Å²) >= 11 is 0. The quantitative estimate of drug-likeness (QED) is 0.686. The maximum atomic E-state index is 10.6. The van der Waals surface area contributed by atoms with Crippen LogP contribution in [-0.2, 0) is 6.42 Å². The van der Waals surface area contributed by atoms with Crippen molar-refractivity contribution in [3.8, 4) is 0 Å². The lowest BCUT2D eigenvalue weighted by Gasteiger charge is -2.01. The third-order valence-electron chi connectivity index (χ3n) is 1.35. The topological polar surface area (TPSA) is 45.8 Å². The summed E-state index contributed by atoms with van der Waals surface area (Å²) in [5.74, 6) is 0.577. The van der Waals surface area contributed by atoms with Gasteiger partial charge in [-0.1, -0.05) is 13.8 Å². The maximum Gasteiger partial charge on any atom is 0.266 e. The van der Waals surface area contributed by atoms with Gasteiger partial charge >= 0.3 is 0 Å². The molecule has 1 aromatic heterocycles. The second kappa shape index (κ2) is 3.32. The Morgan fingerprint density at radius 3 is 2.82 bits per heavy atom. The van der Waals surface area contributed by atoms with E-state index in [1.807, 2.05) is 0 Å². The van der Waals surface area contributed by atoms with Crippen LogP contribution in [-0.4, -0.2) is 9.97 Å². The highest BCUT2D eigenvalue weighted by atomic mass is 16.1. The molecule has 0 amide bonds. The molecule has 3 heteroatoms. The van der Waals surface area contributed by atoms with Gasteiger partial charge in [0.05, 0.1) is 11.9 Å². The third kappa shape index (κ3) is 2.53. The lowest BCUT2D eigenvalue weighted by atomic mass is 10.1. The van der Waals surface area contributed by atoms with Crippen LogP contribution in [0.25, 0.3) is 0 Å². The van der Waals surface area contributed by atoms with E-state index in [2.05, 4.69) is 23.8 Å². The first-order valence-corrected chi connectivity index (χ1v) is 3.72. The van der Waals surface area contributed by atoms with Crippen LogP contribution >= 0.6 is 0 Å². The fourth-order valence-corrected chi connectivity index (χ4v) is 0.900. The summed E-state index contributed by atoms with van der Waals surface area (Å²) in [6.07, 6.45) is 3.90. The molecule has 0 spiro atoms. The summed E-state index contributed by atoms with van der Waals surface area (Å²) in [5, 5.41) is 0. The molecule has 0 aliphatic heterocycles. The van der Waals surface area contributed by atoms with Crippen molar-refractivity contribution in [1.29, 1.82) is 0 Å². The normalized spacial score (nSPS) is 10.5. The van der Waals surface area contributed by atoms with Gasteiger partial charge < -0.3 is 4.98 Å². The first-order chi connectivity index (χ1) is 5.18. The summed E-state index contributed by atoms with van der Waals surface area (Å²) in [6, 6.07) is 0. The van der Waals surface area contributed by atoms with Gasteiger partial charge in [-0.25, -0.2) is 0 Å². The average Bonchev–Trinajstić information content (AvgIpc) is 1.93. The molecule has 60 valence electrons. The fraction of sp³-hybridized carbons (Fsp3) is 0.500. The molecule has 1 aromatic rings. The lowest BCUT2D eigenvalue weighted by molar-refractivity contribution is 0.632. The molecule has 1 N–H and O–H groups in total. The van der Waals surface area contributed by atoms with Crippen LogP contribution in [0.4, 0.5) is 0 Å². The predicted molar refractivity (Wildman–Crippen MR) is 43.4 cm³/mol. The number of hydrogen-bond donors (Lipinski definition) is 1. The number of H-pyrrole nitrogens is 1. The Balaban J connectivity index is 2.74. The zero-order valence-corrected chi connectivity index (χ0v) is 6.79. The van der Waals surface area contributed by atoms with Crippen molar-refractivity contribution in [2.75, 3.05) is 0 Å². The highest BCUT2D eigenvalue weighted by Gasteiger charge is 1.97. The van der Waals surface area contributed by atoms with Crippen LogP contribution in [0.5, 0.6) is 0 Å². The van der Waals surface area contributed by atoms with Crippen LogP contribution in [0.3, 0.4) is 0 Å². The van der Waals surface area contributed by atoms with Gasteiger partial charge in [-0.05, 0) is 12.3 Å². The Hall–Kier alpha value is -1.12. The first-order valence-electron chi connectivity index (χ1n) is 3.72. The van der Waals surface area contributed by atoms with Crippen molar-refractivity contribution in [3.05, 3.63) is 28.4 Å². The SMILES string of the molecule is CC(C)Cc1c[nH]c(=O)cn1. The summed E-state index contributed by atoms with van der Waals surface area (Å²) < 4.78 is 0. The zero-order valence-electron chi connectivity index (χ0n) is 6.79. The molecule has 0 aromatic carbocycles. The van der Waals surface area contributed by atoms with Gasteiger partial charge in [0.1, 0.15) is 0 Å². The van der Waals surface area contributed by atoms with Crippen LogP contribution < -0.4 is 5.56 Å². The largest absolute Gasteiger partial charge is 0.326 e. The lowest BCUT2D eigenvalue weighted by Crippen LogP contribution is -2.07. The molecular weight excluding hydrogens is 140 g/mol. The Kier molecular flexibility index (Phi) is 2.41. The number of aromatic amines is 1. The fourth-order valence-electron chi connectivity index (χ4n) is 0.900. The van der Waals surface area contributed by atoms with Gasteiger partial charge in [-0.3, -0.25) is 9.78 Å². The van der Waals surface area contributed by atoms with Crippen LogP contribution in [0.15, 0.2) is 17.2 Å². The number of aromatic nitrogens is 2.